The number of hydrogen-bond donors (Lipinski definition) is 4. The third-order valence-electron chi connectivity index (χ3n) is 8.29. The highest BCUT2D eigenvalue weighted by Gasteiger charge is 2.22. The first-order chi connectivity index (χ1) is 20.6. The van der Waals surface area contributed by atoms with Crippen molar-refractivity contribution in [1.29, 1.82) is 0 Å². The van der Waals surface area contributed by atoms with Crippen LogP contribution < -0.4 is 5.32 Å². The van der Waals surface area contributed by atoms with Crippen molar-refractivity contribution in [3.63, 3.8) is 0 Å². The zero-order chi connectivity index (χ0) is 30.9. The quantitative estimate of drug-likeness (QED) is 0.0462. The van der Waals surface area contributed by atoms with Crippen LogP contribution in [0.5, 0.6) is 0 Å². The molecule has 0 rings (SSSR count). The maximum atomic E-state index is 12.4. The van der Waals surface area contributed by atoms with Crippen LogP contribution in [0.4, 0.5) is 0 Å². The van der Waals surface area contributed by atoms with Gasteiger partial charge in [-0.1, -0.05) is 160 Å². The normalized spacial score (nSPS) is 14.1. The number of carbonyl (C=O) groups is 1. The summed E-state index contributed by atoms with van der Waals surface area (Å²) in [4.78, 5) is 12.4. The Hall–Kier alpha value is -1.17. The number of amides is 1. The molecule has 0 aliphatic heterocycles. The summed E-state index contributed by atoms with van der Waals surface area (Å²) in [5, 5.41) is 32.8. The van der Waals surface area contributed by atoms with Crippen LogP contribution in [0.2, 0.25) is 0 Å². The van der Waals surface area contributed by atoms with E-state index in [2.05, 4.69) is 31.3 Å². The second-order valence-corrected chi connectivity index (χ2v) is 12.4. The maximum Gasteiger partial charge on any atom is 0.249 e. The van der Waals surface area contributed by atoms with E-state index in [1.54, 1.807) is 6.08 Å². The summed E-state index contributed by atoms with van der Waals surface area (Å²) >= 11 is 0. The Labute approximate surface area is 261 Å². The molecular formula is C37H71NO4. The third kappa shape index (κ3) is 27.7. The number of aliphatic hydroxyl groups is 3. The van der Waals surface area contributed by atoms with Gasteiger partial charge in [0.2, 0.25) is 5.91 Å². The van der Waals surface area contributed by atoms with Crippen LogP contribution in [0.1, 0.15) is 181 Å². The van der Waals surface area contributed by atoms with Gasteiger partial charge < -0.3 is 20.6 Å². The van der Waals surface area contributed by atoms with Crippen LogP contribution in [0, 0.1) is 0 Å². The van der Waals surface area contributed by atoms with Gasteiger partial charge >= 0.3 is 0 Å². The number of unbranched alkanes of at least 4 members (excludes halogenated alkanes) is 22. The van der Waals surface area contributed by atoms with Gasteiger partial charge in [-0.05, 0) is 44.9 Å². The van der Waals surface area contributed by atoms with Gasteiger partial charge in [0, 0.05) is 0 Å². The third-order valence-corrected chi connectivity index (χ3v) is 8.29. The Morgan fingerprint density at radius 3 is 1.38 bits per heavy atom. The summed E-state index contributed by atoms with van der Waals surface area (Å²) in [6.45, 7) is 4.14. The lowest BCUT2D eigenvalue weighted by molar-refractivity contribution is -0.131. The average molecular weight is 594 g/mol. The SMILES string of the molecule is CCCCCCCCCC/C=C\CCCCCCCCC(O)C(=O)NC(CO)C(O)/C=C/CCCCCCCCCC. The first-order valence-electron chi connectivity index (χ1n) is 18.2. The van der Waals surface area contributed by atoms with E-state index in [-0.39, 0.29) is 6.61 Å². The van der Waals surface area contributed by atoms with E-state index in [0.717, 1.165) is 32.1 Å². The largest absolute Gasteiger partial charge is 0.394 e. The average Bonchev–Trinajstić information content (AvgIpc) is 2.99. The molecule has 42 heavy (non-hydrogen) atoms. The van der Waals surface area contributed by atoms with Gasteiger partial charge in [0.05, 0.1) is 18.8 Å². The predicted octanol–water partition coefficient (Wildman–Crippen LogP) is 9.48. The molecule has 0 saturated heterocycles. The van der Waals surface area contributed by atoms with Gasteiger partial charge in [0.15, 0.2) is 0 Å². The minimum Gasteiger partial charge on any atom is -0.394 e. The zero-order valence-corrected chi connectivity index (χ0v) is 27.9. The van der Waals surface area contributed by atoms with Crippen LogP contribution in [0.3, 0.4) is 0 Å². The molecule has 0 aromatic rings. The summed E-state index contributed by atoms with van der Waals surface area (Å²) in [5.41, 5.74) is 0. The second-order valence-electron chi connectivity index (χ2n) is 12.4. The number of carbonyl (C=O) groups excluding carboxylic acids is 1. The Morgan fingerprint density at radius 1 is 0.571 bits per heavy atom. The van der Waals surface area contributed by atoms with Crippen molar-refractivity contribution < 1.29 is 20.1 Å². The Bertz CT molecular complexity index is 621. The first-order valence-corrected chi connectivity index (χ1v) is 18.2. The van der Waals surface area contributed by atoms with Gasteiger partial charge in [-0.25, -0.2) is 0 Å². The number of aliphatic hydroxyl groups excluding tert-OH is 3. The second kappa shape index (κ2) is 32.7. The molecule has 248 valence electrons. The molecule has 0 heterocycles. The summed E-state index contributed by atoms with van der Waals surface area (Å²) in [7, 11) is 0. The Balaban J connectivity index is 3.73. The number of hydrogen-bond acceptors (Lipinski definition) is 4. The molecule has 3 atom stereocenters. The van der Waals surface area contributed by atoms with Gasteiger partial charge in [-0.2, -0.15) is 0 Å². The Kier molecular flexibility index (Phi) is 31.8. The van der Waals surface area contributed by atoms with Crippen molar-refractivity contribution in [3.8, 4) is 0 Å². The van der Waals surface area contributed by atoms with Crippen molar-refractivity contribution in [2.24, 2.45) is 0 Å². The molecular weight excluding hydrogens is 522 g/mol. The van der Waals surface area contributed by atoms with Crippen LogP contribution in [0.25, 0.3) is 0 Å². The lowest BCUT2D eigenvalue weighted by atomic mass is 10.0. The van der Waals surface area contributed by atoms with Crippen LogP contribution in [-0.2, 0) is 4.79 Å². The van der Waals surface area contributed by atoms with Gasteiger partial charge in [-0.15, -0.1) is 0 Å². The lowest BCUT2D eigenvalue weighted by Crippen LogP contribution is -2.48. The summed E-state index contributed by atoms with van der Waals surface area (Å²) < 4.78 is 0. The molecule has 0 aliphatic rings. The molecule has 0 fully saturated rings. The molecule has 0 aromatic carbocycles. The predicted molar refractivity (Wildman–Crippen MR) is 181 cm³/mol. The maximum absolute atomic E-state index is 12.4. The van der Waals surface area contributed by atoms with Crippen molar-refractivity contribution in [2.45, 2.75) is 199 Å². The van der Waals surface area contributed by atoms with E-state index in [9.17, 15) is 20.1 Å². The summed E-state index contributed by atoms with van der Waals surface area (Å²) in [6, 6.07) is -0.795. The highest BCUT2D eigenvalue weighted by Crippen LogP contribution is 2.13. The smallest absolute Gasteiger partial charge is 0.249 e. The van der Waals surface area contributed by atoms with Crippen LogP contribution in [-0.4, -0.2) is 46.1 Å². The fourth-order valence-corrected chi connectivity index (χ4v) is 5.35. The van der Waals surface area contributed by atoms with Crippen molar-refractivity contribution in [1.82, 2.24) is 5.32 Å². The van der Waals surface area contributed by atoms with E-state index >= 15 is 0 Å². The molecule has 0 aliphatic carbocycles. The van der Waals surface area contributed by atoms with E-state index < -0.39 is 24.2 Å². The Morgan fingerprint density at radius 2 is 0.952 bits per heavy atom. The van der Waals surface area contributed by atoms with Gasteiger partial charge in [0.1, 0.15) is 6.10 Å². The minimum atomic E-state index is -1.10. The molecule has 1 amide bonds. The van der Waals surface area contributed by atoms with Gasteiger partial charge in [-0.3, -0.25) is 4.79 Å². The molecule has 0 aromatic heterocycles. The van der Waals surface area contributed by atoms with E-state index in [1.165, 1.54) is 128 Å². The van der Waals surface area contributed by atoms with Crippen molar-refractivity contribution in [3.05, 3.63) is 24.3 Å². The highest BCUT2D eigenvalue weighted by molar-refractivity contribution is 5.80. The molecule has 3 unspecified atom stereocenters. The molecule has 4 N–H and O–H groups in total. The molecule has 0 saturated carbocycles. The fraction of sp³-hybridized carbons (Fsp3) is 0.865. The van der Waals surface area contributed by atoms with E-state index in [0.29, 0.717) is 6.42 Å². The molecule has 5 nitrogen and oxygen atoms in total. The highest BCUT2D eigenvalue weighted by atomic mass is 16.3. The number of rotatable bonds is 32. The van der Waals surface area contributed by atoms with Gasteiger partial charge in [0.25, 0.3) is 0 Å². The first kappa shape index (κ1) is 40.8. The van der Waals surface area contributed by atoms with E-state index in [4.69, 9.17) is 0 Å². The van der Waals surface area contributed by atoms with Crippen molar-refractivity contribution >= 4 is 5.91 Å². The molecule has 0 radical (unpaired) electrons. The minimum absolute atomic E-state index is 0.365. The van der Waals surface area contributed by atoms with E-state index in [1.807, 2.05) is 6.08 Å². The number of allylic oxidation sites excluding steroid dienone is 3. The van der Waals surface area contributed by atoms with Crippen LogP contribution in [0.15, 0.2) is 24.3 Å². The molecule has 5 heteroatoms. The topological polar surface area (TPSA) is 89.8 Å². The number of nitrogens with one attached hydrogen (secondary N) is 1. The lowest BCUT2D eigenvalue weighted by Gasteiger charge is -2.21. The van der Waals surface area contributed by atoms with Crippen LogP contribution >= 0.6 is 0 Å². The zero-order valence-electron chi connectivity index (χ0n) is 27.9. The standard InChI is InChI=1S/C37H71NO4/c1-3-5-7-9-11-13-15-16-17-18-19-20-21-22-24-26-28-30-32-36(41)37(42)38-34(33-39)35(40)31-29-27-25-23-14-12-10-8-6-4-2/h18-19,29,31,34-36,39-41H,3-17,20-28,30,32-33H2,1-2H3,(H,38,42)/b19-18-,31-29+. The van der Waals surface area contributed by atoms with Crippen molar-refractivity contribution in [2.75, 3.05) is 6.61 Å². The molecule has 0 bridgehead atoms. The molecule has 0 spiro atoms. The monoisotopic (exact) mass is 594 g/mol. The fourth-order valence-electron chi connectivity index (χ4n) is 5.35. The summed E-state index contributed by atoms with van der Waals surface area (Å²) in [5.74, 6) is -0.511. The summed E-state index contributed by atoms with van der Waals surface area (Å²) in [6.07, 6.45) is 37.6.